The first kappa shape index (κ1) is 51.0. The van der Waals surface area contributed by atoms with Crippen molar-refractivity contribution in [3.63, 3.8) is 0 Å². The van der Waals surface area contributed by atoms with Crippen LogP contribution in [0.25, 0.3) is 22.3 Å². The number of ketones is 2. The number of hydrogen-bond acceptors (Lipinski definition) is 12. The third-order valence-electron chi connectivity index (χ3n) is 13.4. The van der Waals surface area contributed by atoms with Crippen LogP contribution in [0.2, 0.25) is 0 Å². The number of carbonyl (C=O) groups is 7. The molecule has 17 nitrogen and oxygen atoms in total. The molecule has 4 amide bonds. The highest BCUT2D eigenvalue weighted by molar-refractivity contribution is 5.95. The Balaban J connectivity index is 0.982. The lowest BCUT2D eigenvalue weighted by atomic mass is 9.80. The Kier molecular flexibility index (Phi) is 14.8. The lowest BCUT2D eigenvalue weighted by Gasteiger charge is -2.33. The predicted molar refractivity (Wildman–Crippen MR) is 255 cm³/mol. The fourth-order valence-electron chi connectivity index (χ4n) is 9.37. The summed E-state index contributed by atoms with van der Waals surface area (Å²) < 4.78 is 27.3. The highest BCUT2D eigenvalue weighted by Gasteiger charge is 2.46. The number of nitrogens with one attached hydrogen (secondary N) is 4. The molecule has 3 aliphatic rings. The van der Waals surface area contributed by atoms with Gasteiger partial charge in [0.1, 0.15) is 18.0 Å². The Morgan fingerprint density at radius 3 is 2.37 bits per heavy atom. The lowest BCUT2D eigenvalue weighted by molar-refractivity contribution is -0.172. The molecule has 5 N–H and O–H groups in total. The first-order valence-corrected chi connectivity index (χ1v) is 23.7. The van der Waals surface area contributed by atoms with E-state index in [0.717, 1.165) is 11.1 Å². The lowest BCUT2D eigenvalue weighted by Crippen LogP contribution is -2.44. The number of amides is 4. The molecule has 18 heteroatoms. The topological polar surface area (TPSA) is 241 Å². The van der Waals surface area contributed by atoms with Gasteiger partial charge in [0.05, 0.1) is 47.6 Å². The molecule has 2 aliphatic heterocycles. The molecule has 70 heavy (non-hydrogen) atoms. The number of cyclic esters (lactones) is 1. The maximum atomic E-state index is 15.5. The van der Waals surface area contributed by atoms with Crippen LogP contribution >= 0.6 is 0 Å². The Morgan fingerprint density at radius 1 is 0.957 bits per heavy atom. The number of carbonyl (C=O) groups excluding carboxylic acids is 7. The zero-order valence-electron chi connectivity index (χ0n) is 40.7. The minimum atomic E-state index is -2.03. The highest BCUT2D eigenvalue weighted by atomic mass is 19.1. The molecule has 2 aromatic carbocycles. The van der Waals surface area contributed by atoms with Gasteiger partial charge in [-0.15, -0.1) is 0 Å². The third-order valence-corrected chi connectivity index (χ3v) is 13.4. The zero-order chi connectivity index (χ0) is 50.9. The number of aryl methyl sites for hydroxylation is 1. The number of esters is 1. The van der Waals surface area contributed by atoms with Gasteiger partial charge in [0, 0.05) is 60.2 Å². The number of nitrogens with zero attached hydrogens (tertiary/aromatic N) is 2. The van der Waals surface area contributed by atoms with E-state index in [9.17, 15) is 43.5 Å². The van der Waals surface area contributed by atoms with Crippen molar-refractivity contribution in [1.82, 2.24) is 30.8 Å². The van der Waals surface area contributed by atoms with Gasteiger partial charge >= 0.3 is 12.1 Å². The molecule has 4 aromatic rings. The number of fused-ring (bicyclic) bond motifs is 5. The van der Waals surface area contributed by atoms with Crippen LogP contribution in [0.3, 0.4) is 0 Å². The summed E-state index contributed by atoms with van der Waals surface area (Å²) in [5.41, 5.74) is 0.587. The standard InChI is InChI=1S/C52H61FN6O11/c1-8-52(68)34-23-39-45-32(26-59(39)46(64)33(34)27-69-48(52)66)44-36(16-15-31-28(2)35(53)24-38(57-45)43(31)44)58-47(65)51(6,7)20-21-54-41(62)19-17-40(61)37(22-29-12-10-9-11-13-29)56-42(63)18-14-30(60)25-55-49(67)70-50(3,4)5/h9-13,23-24,36-37,68H,8,14-22,25-27H2,1-7H3,(H,54,62)(H,55,67)(H,56,63)(H,58,65)/t36-,37-,52-/m0/s1. The second-order valence-electron chi connectivity index (χ2n) is 20.0. The molecule has 372 valence electrons. The van der Waals surface area contributed by atoms with Crippen LogP contribution in [0.5, 0.6) is 0 Å². The molecule has 0 saturated heterocycles. The molecule has 0 unspecified atom stereocenters. The molecule has 2 aromatic heterocycles. The smallest absolute Gasteiger partial charge is 0.408 e. The maximum absolute atomic E-state index is 15.5. The number of hydrogen-bond donors (Lipinski definition) is 5. The Hall–Kier alpha value is -6.82. The summed E-state index contributed by atoms with van der Waals surface area (Å²) >= 11 is 0. The number of Topliss-reactive ketones (excluding diaryl/α,β-unsaturated/α-hetero) is 2. The first-order chi connectivity index (χ1) is 33.0. The third kappa shape index (κ3) is 10.8. The first-order valence-electron chi connectivity index (χ1n) is 23.7. The van der Waals surface area contributed by atoms with Crippen molar-refractivity contribution < 1.29 is 52.5 Å². The monoisotopic (exact) mass is 964 g/mol. The Labute approximate surface area is 404 Å². The molecule has 0 radical (unpaired) electrons. The summed E-state index contributed by atoms with van der Waals surface area (Å²) in [4.78, 5) is 110. The van der Waals surface area contributed by atoms with Crippen LogP contribution in [-0.2, 0) is 69.8 Å². The van der Waals surface area contributed by atoms with Crippen LogP contribution in [0.15, 0.2) is 47.3 Å². The van der Waals surface area contributed by atoms with E-state index in [4.69, 9.17) is 14.5 Å². The van der Waals surface area contributed by atoms with Gasteiger partial charge in [-0.25, -0.2) is 19.0 Å². The molecule has 3 atom stereocenters. The fraction of sp³-hybridized carbons (Fsp3) is 0.481. The van der Waals surface area contributed by atoms with Crippen LogP contribution < -0.4 is 26.8 Å². The minimum Gasteiger partial charge on any atom is -0.458 e. The number of ether oxygens (including phenoxy) is 2. The minimum absolute atomic E-state index is 0.0315. The van der Waals surface area contributed by atoms with Crippen LogP contribution in [-0.4, -0.2) is 80.7 Å². The van der Waals surface area contributed by atoms with E-state index < -0.39 is 69.7 Å². The van der Waals surface area contributed by atoms with E-state index in [1.165, 1.54) is 10.6 Å². The summed E-state index contributed by atoms with van der Waals surface area (Å²) in [6, 6.07) is 10.5. The van der Waals surface area contributed by atoms with E-state index in [2.05, 4.69) is 21.3 Å². The van der Waals surface area contributed by atoms with Crippen LogP contribution in [0, 0.1) is 18.2 Å². The molecule has 0 saturated carbocycles. The Morgan fingerprint density at radius 2 is 1.67 bits per heavy atom. The van der Waals surface area contributed by atoms with Crippen molar-refractivity contribution in [2.75, 3.05) is 13.1 Å². The van der Waals surface area contributed by atoms with Gasteiger partial charge in [0.2, 0.25) is 17.7 Å². The van der Waals surface area contributed by atoms with Gasteiger partial charge in [0.25, 0.3) is 5.56 Å². The number of aliphatic hydroxyl groups is 1. The second kappa shape index (κ2) is 20.3. The molecular formula is C52H61FN6O11. The summed E-state index contributed by atoms with van der Waals surface area (Å²) in [5, 5.41) is 23.2. The average molecular weight is 965 g/mol. The fourth-order valence-corrected chi connectivity index (χ4v) is 9.37. The van der Waals surface area contributed by atoms with Crippen molar-refractivity contribution in [3.05, 3.63) is 97.6 Å². The van der Waals surface area contributed by atoms with Crippen molar-refractivity contribution >= 4 is 52.3 Å². The number of rotatable bonds is 18. The maximum Gasteiger partial charge on any atom is 0.408 e. The second-order valence-corrected chi connectivity index (χ2v) is 20.0. The highest BCUT2D eigenvalue weighted by Crippen LogP contribution is 2.46. The van der Waals surface area contributed by atoms with Gasteiger partial charge < -0.3 is 40.4 Å². The number of benzene rings is 2. The molecule has 0 bridgehead atoms. The van der Waals surface area contributed by atoms with E-state index in [0.29, 0.717) is 51.8 Å². The molecule has 0 spiro atoms. The van der Waals surface area contributed by atoms with Crippen molar-refractivity contribution in [3.8, 4) is 11.4 Å². The number of aromatic nitrogens is 2. The quantitative estimate of drug-likeness (QED) is 0.0720. The molecule has 7 rings (SSSR count). The zero-order valence-corrected chi connectivity index (χ0v) is 40.7. The molecular weight excluding hydrogens is 904 g/mol. The predicted octanol–water partition coefficient (Wildman–Crippen LogP) is 5.11. The summed E-state index contributed by atoms with van der Waals surface area (Å²) in [5.74, 6) is -3.35. The normalized spacial score (nSPS) is 17.3. The van der Waals surface area contributed by atoms with Gasteiger partial charge in [-0.05, 0) is 88.1 Å². The van der Waals surface area contributed by atoms with E-state index >= 15 is 4.39 Å². The van der Waals surface area contributed by atoms with Crippen molar-refractivity contribution in [2.45, 2.75) is 143 Å². The van der Waals surface area contributed by atoms with Gasteiger partial charge in [-0.2, -0.15) is 0 Å². The van der Waals surface area contributed by atoms with E-state index in [1.807, 2.05) is 18.2 Å². The van der Waals surface area contributed by atoms with E-state index in [-0.39, 0.29) is 94.0 Å². The number of pyridine rings is 2. The molecule has 1 aliphatic carbocycles. The van der Waals surface area contributed by atoms with Crippen molar-refractivity contribution in [1.29, 1.82) is 0 Å². The average Bonchev–Trinajstić information content (AvgIpc) is 3.68. The van der Waals surface area contributed by atoms with Crippen molar-refractivity contribution in [2.24, 2.45) is 5.41 Å². The Bertz CT molecular complexity index is 2850. The SMILES string of the molecule is CC[C@@]1(O)C(=O)OCc2c1cc1n(c2=O)Cc2c-1nc1cc(F)c(C)c3c1c2[C@@H](NC(=O)C(C)(C)CCNC(=O)CCC(=O)[C@H](Cc1ccccc1)NC(=O)CCC(=O)CNC(=O)OC(C)(C)C)CC3. The van der Waals surface area contributed by atoms with Crippen LogP contribution in [0.1, 0.15) is 131 Å². The van der Waals surface area contributed by atoms with E-state index in [1.54, 1.807) is 66.7 Å². The van der Waals surface area contributed by atoms with Gasteiger partial charge in [0.15, 0.2) is 17.2 Å². The summed E-state index contributed by atoms with van der Waals surface area (Å²) in [7, 11) is 0. The molecule has 0 fully saturated rings. The molecule has 4 heterocycles. The summed E-state index contributed by atoms with van der Waals surface area (Å²) in [6.45, 7) is 11.5. The number of alkyl carbamates (subject to hydrolysis) is 1. The van der Waals surface area contributed by atoms with Gasteiger partial charge in [-0.1, -0.05) is 51.1 Å². The van der Waals surface area contributed by atoms with Gasteiger partial charge in [-0.3, -0.25) is 28.8 Å². The number of halogens is 1. The summed E-state index contributed by atoms with van der Waals surface area (Å²) in [6.07, 6.45) is -0.296. The van der Waals surface area contributed by atoms with Crippen LogP contribution in [0.4, 0.5) is 9.18 Å². The largest absolute Gasteiger partial charge is 0.458 e.